The van der Waals surface area contributed by atoms with E-state index in [-0.39, 0.29) is 5.92 Å². The van der Waals surface area contributed by atoms with Crippen molar-refractivity contribution in [3.8, 4) is 0 Å². The third-order valence-corrected chi connectivity index (χ3v) is 5.40. The fourth-order valence-corrected chi connectivity index (χ4v) is 3.77. The van der Waals surface area contributed by atoms with Crippen LogP contribution >= 0.6 is 0 Å². The predicted molar refractivity (Wildman–Crippen MR) is 113 cm³/mol. The molecule has 0 aromatic heterocycles. The first-order chi connectivity index (χ1) is 14.6. The molecule has 1 fully saturated rings. The molecule has 0 saturated carbocycles. The average Bonchev–Trinajstić information content (AvgIpc) is 2.91. The molecule has 0 spiro atoms. The molecular weight excluding hydrogens is 400 g/mol. The number of nitrogens with one attached hydrogen (secondary N) is 3. The van der Waals surface area contributed by atoms with E-state index in [0.717, 1.165) is 5.56 Å². The van der Waals surface area contributed by atoms with Gasteiger partial charge in [0.05, 0.1) is 11.8 Å². The smallest absolute Gasteiger partial charge is 0.322 e. The van der Waals surface area contributed by atoms with Crippen LogP contribution in [0.1, 0.15) is 52.5 Å². The molecule has 9 heteroatoms. The number of hydrazine groups is 1. The molecule has 0 bridgehead atoms. The molecule has 0 radical (unpaired) electrons. The second-order valence-electron chi connectivity index (χ2n) is 8.87. The van der Waals surface area contributed by atoms with Gasteiger partial charge in [0, 0.05) is 0 Å². The van der Waals surface area contributed by atoms with Gasteiger partial charge in [-0.25, -0.2) is 10.3 Å². The molecule has 31 heavy (non-hydrogen) atoms. The Morgan fingerprint density at radius 1 is 1.10 bits per heavy atom. The van der Waals surface area contributed by atoms with Gasteiger partial charge >= 0.3 is 6.03 Å². The van der Waals surface area contributed by atoms with Crippen molar-refractivity contribution < 1.29 is 24.4 Å². The van der Waals surface area contributed by atoms with E-state index in [1.54, 1.807) is 5.48 Å². The van der Waals surface area contributed by atoms with Gasteiger partial charge in [-0.1, -0.05) is 44.2 Å². The van der Waals surface area contributed by atoms with Gasteiger partial charge in [-0.2, -0.15) is 5.01 Å². The van der Waals surface area contributed by atoms with Crippen LogP contribution in [0.3, 0.4) is 0 Å². The Balaban J connectivity index is 2.16. The molecule has 5 amide bonds. The first kappa shape index (κ1) is 24.3. The number of aryl methyl sites for hydroxylation is 1. The van der Waals surface area contributed by atoms with E-state index in [9.17, 15) is 24.4 Å². The third kappa shape index (κ3) is 6.27. The van der Waals surface area contributed by atoms with Crippen LogP contribution in [0.2, 0.25) is 0 Å². The number of hydroxylamine groups is 1. The molecule has 9 nitrogen and oxygen atoms in total. The largest absolute Gasteiger partial charge is 0.344 e. The zero-order valence-electron chi connectivity index (χ0n) is 18.5. The zero-order valence-corrected chi connectivity index (χ0v) is 18.5. The second-order valence-corrected chi connectivity index (χ2v) is 8.87. The van der Waals surface area contributed by atoms with Gasteiger partial charge < -0.3 is 5.32 Å². The quantitative estimate of drug-likeness (QED) is 0.256. The van der Waals surface area contributed by atoms with Crippen LogP contribution in [0.25, 0.3) is 0 Å². The highest BCUT2D eigenvalue weighted by Gasteiger charge is 2.46. The molecule has 1 aromatic rings. The molecule has 1 unspecified atom stereocenters. The summed E-state index contributed by atoms with van der Waals surface area (Å²) in [5.74, 6) is -3.42. The van der Waals surface area contributed by atoms with Crippen LogP contribution < -0.4 is 16.2 Å². The highest BCUT2D eigenvalue weighted by Crippen LogP contribution is 2.27. The number of carbonyl (C=O) groups excluding carboxylic acids is 4. The van der Waals surface area contributed by atoms with Crippen LogP contribution in [0.5, 0.6) is 0 Å². The summed E-state index contributed by atoms with van der Waals surface area (Å²) < 4.78 is 0. The second kappa shape index (κ2) is 10.4. The van der Waals surface area contributed by atoms with Gasteiger partial charge in [0.15, 0.2) is 0 Å². The number of amides is 5. The first-order valence-corrected chi connectivity index (χ1v) is 10.5. The maximum atomic E-state index is 13.1. The molecule has 1 saturated heterocycles. The highest BCUT2D eigenvalue weighted by atomic mass is 16.5. The maximum Gasteiger partial charge on any atom is 0.344 e. The van der Waals surface area contributed by atoms with Gasteiger partial charge in [0.2, 0.25) is 11.8 Å². The number of hydrogen-bond donors (Lipinski definition) is 4. The van der Waals surface area contributed by atoms with Crippen molar-refractivity contribution in [3.63, 3.8) is 0 Å². The van der Waals surface area contributed by atoms with Crippen LogP contribution in [-0.4, -0.2) is 39.5 Å². The van der Waals surface area contributed by atoms with Crippen LogP contribution in [0.4, 0.5) is 4.79 Å². The fraction of sp³-hybridized carbons (Fsp3) is 0.545. The van der Waals surface area contributed by atoms with E-state index >= 15 is 0 Å². The first-order valence-electron chi connectivity index (χ1n) is 10.5. The third-order valence-electron chi connectivity index (χ3n) is 5.40. The van der Waals surface area contributed by atoms with Gasteiger partial charge in [-0.15, -0.1) is 0 Å². The van der Waals surface area contributed by atoms with Gasteiger partial charge in [0.1, 0.15) is 5.54 Å². The number of nitrogens with zero attached hydrogens (tertiary/aromatic N) is 1. The maximum absolute atomic E-state index is 13.1. The summed E-state index contributed by atoms with van der Waals surface area (Å²) >= 11 is 0. The number of carbonyl (C=O) groups is 4. The monoisotopic (exact) mass is 432 g/mol. The Morgan fingerprint density at radius 2 is 1.74 bits per heavy atom. The lowest BCUT2D eigenvalue weighted by Crippen LogP contribution is -2.52. The summed E-state index contributed by atoms with van der Waals surface area (Å²) in [6, 6.07) is 9.03. The van der Waals surface area contributed by atoms with Crippen LogP contribution in [-0.2, 0) is 20.8 Å². The number of urea groups is 1. The summed E-state index contributed by atoms with van der Waals surface area (Å²) in [5.41, 5.74) is 4.02. The SMILES string of the molecule is CC(C)CC(C(=O)NN1C(=O)NC(C)(C)C1=O)[C@@H](CCCc1ccccc1)C(=O)NO. The van der Waals surface area contributed by atoms with Gasteiger partial charge in [-0.3, -0.25) is 25.0 Å². The summed E-state index contributed by atoms with van der Waals surface area (Å²) in [7, 11) is 0. The Morgan fingerprint density at radius 3 is 2.26 bits per heavy atom. The Labute approximate surface area is 182 Å². The lowest BCUT2D eigenvalue weighted by Gasteiger charge is -2.28. The van der Waals surface area contributed by atoms with Gasteiger partial charge in [0.25, 0.3) is 5.91 Å². The van der Waals surface area contributed by atoms with E-state index in [0.29, 0.717) is 30.7 Å². The minimum absolute atomic E-state index is 0.0680. The molecule has 170 valence electrons. The van der Waals surface area contributed by atoms with Crippen molar-refractivity contribution in [2.75, 3.05) is 0 Å². The predicted octanol–water partition coefficient (Wildman–Crippen LogP) is 2.15. The summed E-state index contributed by atoms with van der Waals surface area (Å²) in [4.78, 5) is 50.1. The summed E-state index contributed by atoms with van der Waals surface area (Å²) in [5, 5.41) is 12.4. The standard InChI is InChI=1S/C22H32N4O5/c1-14(2)13-17(18(27)24-26-20(29)22(3,4)23-21(26)30)16(19(28)25-31)12-8-11-15-9-6-5-7-10-15/h5-7,9-10,14,16-17,31H,8,11-13H2,1-4H3,(H,23,30)(H,24,27)(H,25,28)/t16-,17?/m1/s1. The normalized spacial score (nSPS) is 17.3. The van der Waals surface area contributed by atoms with Crippen molar-refractivity contribution in [2.45, 2.75) is 58.9 Å². The van der Waals surface area contributed by atoms with Crippen LogP contribution in [0, 0.1) is 17.8 Å². The van der Waals surface area contributed by atoms with E-state index in [1.807, 2.05) is 44.2 Å². The number of hydrogen-bond acceptors (Lipinski definition) is 5. The minimum Gasteiger partial charge on any atom is -0.322 e. The van der Waals surface area contributed by atoms with E-state index in [1.165, 1.54) is 13.8 Å². The van der Waals surface area contributed by atoms with E-state index < -0.39 is 41.1 Å². The molecule has 0 aliphatic carbocycles. The Kier molecular flexibility index (Phi) is 8.15. The Hall–Kier alpha value is -2.94. The summed E-state index contributed by atoms with van der Waals surface area (Å²) in [6.45, 7) is 6.90. The minimum atomic E-state index is -1.13. The van der Waals surface area contributed by atoms with Gasteiger partial charge in [-0.05, 0) is 51.0 Å². The lowest BCUT2D eigenvalue weighted by atomic mass is 9.81. The zero-order chi connectivity index (χ0) is 23.2. The summed E-state index contributed by atoms with van der Waals surface area (Å²) in [6.07, 6.45) is 2.05. The van der Waals surface area contributed by atoms with Crippen molar-refractivity contribution in [2.24, 2.45) is 17.8 Å². The van der Waals surface area contributed by atoms with Crippen molar-refractivity contribution >= 4 is 23.8 Å². The van der Waals surface area contributed by atoms with E-state index in [2.05, 4.69) is 10.7 Å². The number of rotatable bonds is 10. The Bertz CT molecular complexity index is 809. The molecule has 1 aromatic carbocycles. The van der Waals surface area contributed by atoms with Crippen LogP contribution in [0.15, 0.2) is 30.3 Å². The molecule has 1 heterocycles. The highest BCUT2D eigenvalue weighted by molar-refractivity contribution is 6.07. The topological polar surface area (TPSA) is 128 Å². The molecule has 4 N–H and O–H groups in total. The molecule has 1 aliphatic rings. The number of benzene rings is 1. The van der Waals surface area contributed by atoms with E-state index in [4.69, 9.17) is 0 Å². The number of imide groups is 1. The molecule has 2 rings (SSSR count). The average molecular weight is 433 g/mol. The fourth-order valence-electron chi connectivity index (χ4n) is 3.77. The van der Waals surface area contributed by atoms with Crippen molar-refractivity contribution in [1.82, 2.24) is 21.2 Å². The molecule has 2 atom stereocenters. The molecular formula is C22H32N4O5. The van der Waals surface area contributed by atoms with Crippen molar-refractivity contribution in [3.05, 3.63) is 35.9 Å². The van der Waals surface area contributed by atoms with Crippen molar-refractivity contribution in [1.29, 1.82) is 0 Å². The molecule has 1 aliphatic heterocycles. The lowest BCUT2D eigenvalue weighted by molar-refractivity contribution is -0.145.